The number of nitrogens with one attached hydrogen (secondary N) is 1. The minimum absolute atomic E-state index is 0.177. The van der Waals surface area contributed by atoms with E-state index >= 15 is 0 Å². The third-order valence-corrected chi connectivity index (χ3v) is 3.19. The molecule has 0 spiro atoms. The Hall–Kier alpha value is -2.45. The van der Waals surface area contributed by atoms with Gasteiger partial charge in [0.25, 0.3) is 0 Å². The summed E-state index contributed by atoms with van der Waals surface area (Å²) < 4.78 is 3.63. The van der Waals surface area contributed by atoms with Crippen LogP contribution in [0.25, 0.3) is 0 Å². The molecule has 2 aromatic heterocycles. The minimum atomic E-state index is -0.503. The Labute approximate surface area is 108 Å². The van der Waals surface area contributed by atoms with Crippen molar-refractivity contribution in [3.63, 3.8) is 0 Å². The number of nitrogens with zero attached hydrogens (tertiary/aromatic N) is 6. The molecule has 100 valence electrons. The third kappa shape index (κ3) is 1.92. The summed E-state index contributed by atoms with van der Waals surface area (Å²) in [5, 5.41) is 22.0. The molecule has 0 aromatic carbocycles. The van der Waals surface area contributed by atoms with Gasteiger partial charge < -0.3 is 20.0 Å². The zero-order chi connectivity index (χ0) is 13.4. The molecule has 0 amide bonds. The smallest absolute Gasteiger partial charge is 0.358 e. The molecule has 3 heterocycles. The van der Waals surface area contributed by atoms with Crippen LogP contribution < -0.4 is 5.32 Å². The summed E-state index contributed by atoms with van der Waals surface area (Å²) in [5.74, 6) is 1.98. The van der Waals surface area contributed by atoms with Crippen molar-refractivity contribution in [1.82, 2.24) is 24.3 Å². The van der Waals surface area contributed by atoms with Gasteiger partial charge in [0, 0.05) is 20.0 Å². The Balaban J connectivity index is 1.79. The molecule has 1 N–H and O–H groups in total. The Morgan fingerprint density at radius 1 is 1.53 bits per heavy atom. The largest absolute Gasteiger partial charge is 0.406 e. The van der Waals surface area contributed by atoms with Crippen molar-refractivity contribution < 1.29 is 4.92 Å². The van der Waals surface area contributed by atoms with Gasteiger partial charge in [-0.25, -0.2) is 0 Å². The summed E-state index contributed by atoms with van der Waals surface area (Å²) in [5.41, 5.74) is 0. The van der Waals surface area contributed by atoms with Crippen LogP contribution in [0.4, 0.5) is 11.6 Å². The number of fused-ring (bicyclic) bond motifs is 1. The summed E-state index contributed by atoms with van der Waals surface area (Å²) in [6, 6.07) is 0. The molecule has 19 heavy (non-hydrogen) atoms. The molecule has 9 heteroatoms. The van der Waals surface area contributed by atoms with E-state index in [1.54, 1.807) is 11.6 Å². The van der Waals surface area contributed by atoms with Gasteiger partial charge in [-0.1, -0.05) is 0 Å². The van der Waals surface area contributed by atoms with Crippen LogP contribution in [0.5, 0.6) is 0 Å². The van der Waals surface area contributed by atoms with Crippen LogP contribution in [0, 0.1) is 10.1 Å². The van der Waals surface area contributed by atoms with Crippen LogP contribution in [0.3, 0.4) is 0 Å². The van der Waals surface area contributed by atoms with E-state index in [1.807, 2.05) is 0 Å². The molecule has 0 aliphatic carbocycles. The normalized spacial score (nSPS) is 13.5. The average molecular weight is 263 g/mol. The van der Waals surface area contributed by atoms with E-state index in [4.69, 9.17) is 0 Å². The highest BCUT2D eigenvalue weighted by molar-refractivity contribution is 5.51. The fourth-order valence-electron chi connectivity index (χ4n) is 2.26. The SMILES string of the molecule is Cn1cnc([N+](=O)[O-])c1NCc1nnc2n1CCC2. The lowest BCUT2D eigenvalue weighted by atomic mass is 10.4. The maximum atomic E-state index is 10.8. The predicted octanol–water partition coefficient (Wildman–Crippen LogP) is 0.478. The highest BCUT2D eigenvalue weighted by Gasteiger charge is 2.22. The molecule has 0 saturated carbocycles. The first-order chi connectivity index (χ1) is 9.16. The van der Waals surface area contributed by atoms with Crippen molar-refractivity contribution >= 4 is 11.6 Å². The Morgan fingerprint density at radius 2 is 2.37 bits per heavy atom. The number of aryl methyl sites for hydroxylation is 2. The highest BCUT2D eigenvalue weighted by Crippen LogP contribution is 2.22. The first kappa shape index (κ1) is 11.6. The van der Waals surface area contributed by atoms with Crippen molar-refractivity contribution in [3.05, 3.63) is 28.1 Å². The molecular formula is C10H13N7O2. The van der Waals surface area contributed by atoms with Gasteiger partial charge in [0.05, 0.1) is 6.54 Å². The monoisotopic (exact) mass is 263 g/mol. The van der Waals surface area contributed by atoms with Gasteiger partial charge >= 0.3 is 5.82 Å². The fourth-order valence-corrected chi connectivity index (χ4v) is 2.26. The molecule has 0 unspecified atom stereocenters. The third-order valence-electron chi connectivity index (χ3n) is 3.19. The van der Waals surface area contributed by atoms with Crippen LogP contribution in [-0.4, -0.2) is 29.2 Å². The number of anilines is 1. The van der Waals surface area contributed by atoms with Crippen LogP contribution in [0.15, 0.2) is 6.33 Å². The topological polar surface area (TPSA) is 104 Å². The molecule has 1 aliphatic heterocycles. The average Bonchev–Trinajstić information content (AvgIpc) is 3.02. The van der Waals surface area contributed by atoms with Crippen molar-refractivity contribution in [1.29, 1.82) is 0 Å². The van der Waals surface area contributed by atoms with E-state index in [9.17, 15) is 10.1 Å². The van der Waals surface area contributed by atoms with E-state index in [1.165, 1.54) is 6.33 Å². The molecule has 0 bridgehead atoms. The van der Waals surface area contributed by atoms with Crippen LogP contribution in [0.1, 0.15) is 18.1 Å². The second kappa shape index (κ2) is 4.34. The van der Waals surface area contributed by atoms with Crippen molar-refractivity contribution in [2.45, 2.75) is 25.9 Å². The van der Waals surface area contributed by atoms with Gasteiger partial charge in [-0.05, 0) is 16.3 Å². The van der Waals surface area contributed by atoms with Gasteiger partial charge in [0.15, 0.2) is 5.82 Å². The number of nitro groups is 1. The lowest BCUT2D eigenvalue weighted by molar-refractivity contribution is -0.388. The lowest BCUT2D eigenvalue weighted by Gasteiger charge is -2.06. The molecule has 2 aromatic rings. The molecular weight excluding hydrogens is 250 g/mol. The van der Waals surface area contributed by atoms with E-state index in [2.05, 4.69) is 25.1 Å². The first-order valence-electron chi connectivity index (χ1n) is 5.97. The van der Waals surface area contributed by atoms with Crippen LogP contribution in [-0.2, 0) is 26.6 Å². The molecule has 0 fully saturated rings. The standard InChI is InChI=1S/C10H13N7O2/c1-15-6-12-10(17(18)19)9(15)11-5-8-14-13-7-3-2-4-16(7)8/h6,11H,2-5H2,1H3. The lowest BCUT2D eigenvalue weighted by Crippen LogP contribution is -2.10. The molecule has 0 atom stereocenters. The second-order valence-electron chi connectivity index (χ2n) is 4.43. The van der Waals surface area contributed by atoms with Crippen LogP contribution in [0.2, 0.25) is 0 Å². The summed E-state index contributed by atoms with van der Waals surface area (Å²) in [4.78, 5) is 14.1. The maximum absolute atomic E-state index is 10.8. The van der Waals surface area contributed by atoms with E-state index < -0.39 is 4.92 Å². The zero-order valence-corrected chi connectivity index (χ0v) is 10.4. The van der Waals surface area contributed by atoms with Gasteiger partial charge in [-0.15, -0.1) is 10.2 Å². The first-order valence-corrected chi connectivity index (χ1v) is 5.97. The highest BCUT2D eigenvalue weighted by atomic mass is 16.6. The number of aromatic nitrogens is 5. The van der Waals surface area contributed by atoms with Gasteiger partial charge in [0.1, 0.15) is 5.82 Å². The Bertz CT molecular complexity index is 630. The maximum Gasteiger partial charge on any atom is 0.406 e. The van der Waals surface area contributed by atoms with E-state index in [0.29, 0.717) is 12.4 Å². The number of hydrogen-bond donors (Lipinski definition) is 1. The van der Waals surface area contributed by atoms with E-state index in [0.717, 1.165) is 31.0 Å². The van der Waals surface area contributed by atoms with E-state index in [-0.39, 0.29) is 5.82 Å². The van der Waals surface area contributed by atoms with Gasteiger partial charge in [-0.3, -0.25) is 4.57 Å². The number of rotatable bonds is 4. The fraction of sp³-hybridized carbons (Fsp3) is 0.500. The second-order valence-corrected chi connectivity index (χ2v) is 4.43. The van der Waals surface area contributed by atoms with Gasteiger partial charge in [0.2, 0.25) is 12.1 Å². The molecule has 0 radical (unpaired) electrons. The molecule has 9 nitrogen and oxygen atoms in total. The summed E-state index contributed by atoms with van der Waals surface area (Å²) in [6.45, 7) is 1.31. The quantitative estimate of drug-likeness (QED) is 0.635. The Kier molecular flexibility index (Phi) is 2.65. The molecule has 0 saturated heterocycles. The predicted molar refractivity (Wildman–Crippen MR) is 65.5 cm³/mol. The van der Waals surface area contributed by atoms with Crippen molar-refractivity contribution in [2.24, 2.45) is 7.05 Å². The molecule has 1 aliphatic rings. The number of hydrogen-bond acceptors (Lipinski definition) is 6. The zero-order valence-electron chi connectivity index (χ0n) is 10.4. The van der Waals surface area contributed by atoms with Crippen molar-refractivity contribution in [3.8, 4) is 0 Å². The summed E-state index contributed by atoms with van der Waals surface area (Å²) in [6.07, 6.45) is 3.43. The number of imidazole rings is 1. The Morgan fingerprint density at radius 3 is 3.16 bits per heavy atom. The summed E-state index contributed by atoms with van der Waals surface area (Å²) in [7, 11) is 1.70. The van der Waals surface area contributed by atoms with Gasteiger partial charge in [-0.2, -0.15) is 0 Å². The van der Waals surface area contributed by atoms with Crippen molar-refractivity contribution in [2.75, 3.05) is 5.32 Å². The summed E-state index contributed by atoms with van der Waals surface area (Å²) >= 11 is 0. The molecule has 3 rings (SSSR count). The van der Waals surface area contributed by atoms with Crippen LogP contribution >= 0.6 is 0 Å². The minimum Gasteiger partial charge on any atom is -0.358 e.